The van der Waals surface area contributed by atoms with Gasteiger partial charge in [0.1, 0.15) is 0 Å². The molecule has 0 amide bonds. The zero-order valence-corrected chi connectivity index (χ0v) is 11.7. The first kappa shape index (κ1) is 15.7. The molecule has 2 rings (SSSR count). The van der Waals surface area contributed by atoms with Gasteiger partial charge in [-0.15, -0.1) is 0 Å². The van der Waals surface area contributed by atoms with Gasteiger partial charge in [0.15, 0.2) is 0 Å². The van der Waals surface area contributed by atoms with Gasteiger partial charge in [-0.1, -0.05) is 17.8 Å². The number of benzene rings is 2. The average Bonchev–Trinajstić information content (AvgIpc) is 2.46. The Labute approximate surface area is 128 Å². The maximum atomic E-state index is 12.3. The number of hydrogen-bond donors (Lipinski definition) is 0. The van der Waals surface area contributed by atoms with Crippen molar-refractivity contribution in [3.05, 3.63) is 58.1 Å². The zero-order valence-electron chi connectivity index (χ0n) is 10.9. The Bertz CT molecular complexity index is 747. The second-order valence-electron chi connectivity index (χ2n) is 4.01. The van der Waals surface area contributed by atoms with E-state index in [-0.39, 0.29) is 0 Å². The molecule has 2 aromatic rings. The molecule has 112 valence electrons. The van der Waals surface area contributed by atoms with Crippen molar-refractivity contribution in [1.82, 2.24) is 0 Å². The molecule has 8 heteroatoms. The average molecular weight is 322 g/mol. The van der Waals surface area contributed by atoms with Crippen LogP contribution in [-0.2, 0) is 0 Å². The SMILES string of the molecule is N#Cc1cccc(Sc2ccc([N+](=O)[O-])c(OC(F)F)c2)c1. The van der Waals surface area contributed by atoms with Gasteiger partial charge >= 0.3 is 12.3 Å². The van der Waals surface area contributed by atoms with Crippen LogP contribution in [0.5, 0.6) is 5.75 Å². The van der Waals surface area contributed by atoms with Crippen LogP contribution in [-0.4, -0.2) is 11.5 Å². The highest BCUT2D eigenvalue weighted by atomic mass is 32.2. The molecule has 0 aliphatic carbocycles. The second kappa shape index (κ2) is 6.87. The number of halogens is 2. The van der Waals surface area contributed by atoms with E-state index >= 15 is 0 Å². The molecule has 0 heterocycles. The smallest absolute Gasteiger partial charge is 0.387 e. The van der Waals surface area contributed by atoms with Crippen molar-refractivity contribution >= 4 is 17.4 Å². The maximum Gasteiger partial charge on any atom is 0.387 e. The van der Waals surface area contributed by atoms with E-state index in [2.05, 4.69) is 4.74 Å². The summed E-state index contributed by atoms with van der Waals surface area (Å²) in [6.07, 6.45) is 0. The predicted octanol–water partition coefficient (Wildman–Crippen LogP) is 4.22. The number of alkyl halides is 2. The largest absolute Gasteiger partial charge is 0.427 e. The van der Waals surface area contributed by atoms with Gasteiger partial charge in [0.2, 0.25) is 5.75 Å². The van der Waals surface area contributed by atoms with Crippen LogP contribution in [0.15, 0.2) is 52.3 Å². The quantitative estimate of drug-likeness (QED) is 0.608. The van der Waals surface area contributed by atoms with Gasteiger partial charge in [-0.05, 0) is 24.3 Å². The summed E-state index contributed by atoms with van der Waals surface area (Å²) in [6.45, 7) is -3.15. The summed E-state index contributed by atoms with van der Waals surface area (Å²) in [5.41, 5.74) is -0.0774. The minimum Gasteiger partial charge on any atom is -0.427 e. The fraction of sp³-hybridized carbons (Fsp3) is 0.0714. The second-order valence-corrected chi connectivity index (χ2v) is 5.15. The molecule has 0 bridgehead atoms. The van der Waals surface area contributed by atoms with Crippen molar-refractivity contribution < 1.29 is 18.4 Å². The van der Waals surface area contributed by atoms with Gasteiger partial charge < -0.3 is 4.74 Å². The third kappa shape index (κ3) is 3.93. The lowest BCUT2D eigenvalue weighted by atomic mass is 10.2. The normalized spacial score (nSPS) is 10.3. The van der Waals surface area contributed by atoms with Crippen LogP contribution in [0.1, 0.15) is 5.56 Å². The Hall–Kier alpha value is -2.66. The number of nitro groups is 1. The van der Waals surface area contributed by atoms with Crippen molar-refractivity contribution in [2.75, 3.05) is 0 Å². The molecule has 0 spiro atoms. The fourth-order valence-corrected chi connectivity index (χ4v) is 2.57. The summed E-state index contributed by atoms with van der Waals surface area (Å²) in [5, 5.41) is 19.6. The van der Waals surface area contributed by atoms with Gasteiger partial charge in [0.25, 0.3) is 0 Å². The summed E-state index contributed by atoms with van der Waals surface area (Å²) >= 11 is 1.18. The molecule has 22 heavy (non-hydrogen) atoms. The van der Waals surface area contributed by atoms with Crippen LogP contribution in [0.4, 0.5) is 14.5 Å². The molecule has 2 aromatic carbocycles. The third-order valence-corrected chi connectivity index (χ3v) is 3.52. The Kier molecular flexibility index (Phi) is 4.91. The number of rotatable bonds is 5. The van der Waals surface area contributed by atoms with Crippen LogP contribution >= 0.6 is 11.8 Å². The Morgan fingerprint density at radius 3 is 2.59 bits per heavy atom. The number of nitrogens with zero attached hydrogens (tertiary/aromatic N) is 2. The molecular weight excluding hydrogens is 314 g/mol. The van der Waals surface area contributed by atoms with Crippen molar-refractivity contribution in [2.24, 2.45) is 0 Å². The highest BCUT2D eigenvalue weighted by Crippen LogP contribution is 2.36. The van der Waals surface area contributed by atoms with E-state index < -0.39 is 23.0 Å². The summed E-state index contributed by atoms with van der Waals surface area (Å²) in [4.78, 5) is 11.2. The molecule has 0 unspecified atom stereocenters. The van der Waals surface area contributed by atoms with E-state index in [9.17, 15) is 18.9 Å². The number of nitro benzene ring substituents is 1. The first-order valence-electron chi connectivity index (χ1n) is 5.91. The first-order valence-corrected chi connectivity index (χ1v) is 6.72. The van der Waals surface area contributed by atoms with Crippen molar-refractivity contribution in [2.45, 2.75) is 16.4 Å². The van der Waals surface area contributed by atoms with Crippen molar-refractivity contribution in [3.8, 4) is 11.8 Å². The van der Waals surface area contributed by atoms with Gasteiger partial charge in [-0.3, -0.25) is 10.1 Å². The topological polar surface area (TPSA) is 76.2 Å². The van der Waals surface area contributed by atoms with E-state index in [0.717, 1.165) is 6.07 Å². The van der Waals surface area contributed by atoms with Crippen molar-refractivity contribution in [1.29, 1.82) is 5.26 Å². The van der Waals surface area contributed by atoms with Gasteiger partial charge in [0, 0.05) is 21.9 Å². The molecule has 0 saturated carbocycles. The molecule has 0 aliphatic heterocycles. The zero-order chi connectivity index (χ0) is 16.1. The Morgan fingerprint density at radius 2 is 1.95 bits per heavy atom. The molecule has 0 atom stereocenters. The summed E-state index contributed by atoms with van der Waals surface area (Å²) in [6, 6.07) is 12.4. The summed E-state index contributed by atoms with van der Waals surface area (Å²) in [7, 11) is 0. The molecular formula is C14H8F2N2O3S. The number of hydrogen-bond acceptors (Lipinski definition) is 5. The van der Waals surface area contributed by atoms with Gasteiger partial charge in [-0.25, -0.2) is 0 Å². The first-order chi connectivity index (χ1) is 10.5. The molecule has 0 saturated heterocycles. The Morgan fingerprint density at radius 1 is 1.23 bits per heavy atom. The number of ether oxygens (including phenoxy) is 1. The van der Waals surface area contributed by atoms with Gasteiger partial charge in [0.05, 0.1) is 16.6 Å². The molecule has 0 fully saturated rings. The van der Waals surface area contributed by atoms with Crippen LogP contribution in [0.2, 0.25) is 0 Å². The van der Waals surface area contributed by atoms with Crippen LogP contribution in [0.25, 0.3) is 0 Å². The summed E-state index contributed by atoms with van der Waals surface area (Å²) in [5.74, 6) is -0.499. The number of nitriles is 1. The monoisotopic (exact) mass is 322 g/mol. The van der Waals surface area contributed by atoms with E-state index in [4.69, 9.17) is 5.26 Å². The molecule has 0 aromatic heterocycles. The lowest BCUT2D eigenvalue weighted by molar-refractivity contribution is -0.386. The van der Waals surface area contributed by atoms with E-state index in [1.54, 1.807) is 24.3 Å². The van der Waals surface area contributed by atoms with Crippen molar-refractivity contribution in [3.63, 3.8) is 0 Å². The molecule has 5 nitrogen and oxygen atoms in total. The van der Waals surface area contributed by atoms with E-state index in [1.807, 2.05) is 6.07 Å². The van der Waals surface area contributed by atoms with Gasteiger partial charge in [-0.2, -0.15) is 14.0 Å². The van der Waals surface area contributed by atoms with Crippen LogP contribution in [0, 0.1) is 21.4 Å². The van der Waals surface area contributed by atoms with E-state index in [0.29, 0.717) is 15.4 Å². The minimum absolute atomic E-state index is 0.455. The van der Waals surface area contributed by atoms with Crippen LogP contribution in [0.3, 0.4) is 0 Å². The third-order valence-electron chi connectivity index (χ3n) is 2.54. The molecule has 0 N–H and O–H groups in total. The molecule has 0 radical (unpaired) electrons. The summed E-state index contributed by atoms with van der Waals surface area (Å²) < 4.78 is 28.9. The fourth-order valence-electron chi connectivity index (χ4n) is 1.66. The lowest BCUT2D eigenvalue weighted by Gasteiger charge is -2.07. The maximum absolute atomic E-state index is 12.3. The predicted molar refractivity (Wildman–Crippen MR) is 75.0 cm³/mol. The van der Waals surface area contributed by atoms with Crippen LogP contribution < -0.4 is 4.74 Å². The lowest BCUT2D eigenvalue weighted by Crippen LogP contribution is -2.04. The Balaban J connectivity index is 2.31. The minimum atomic E-state index is -3.15. The standard InChI is InChI=1S/C14H8F2N2O3S/c15-14(16)21-13-7-11(4-5-12(13)18(19)20)22-10-3-1-2-9(6-10)8-17/h1-7,14H. The highest BCUT2D eigenvalue weighted by molar-refractivity contribution is 7.99. The molecule has 0 aliphatic rings. The highest BCUT2D eigenvalue weighted by Gasteiger charge is 2.19. The van der Waals surface area contributed by atoms with E-state index in [1.165, 1.54) is 23.9 Å².